The van der Waals surface area contributed by atoms with Crippen molar-refractivity contribution in [3.05, 3.63) is 47.6 Å². The van der Waals surface area contributed by atoms with E-state index in [2.05, 4.69) is 19.1 Å². The minimum Gasteiger partial charge on any atom is -0.456 e. The number of hydrogen-bond donors (Lipinski definition) is 1. The standard InChI is InChI=1S/C37H50O10/c1-19-11-14-26(15-12-19)44-36(41)43-23(5)31-20(2)17-21(3)37-25(18-28(42-6)35(40)45-31)13-16-27-29(37)30(38)22(4)32(33(27)47-37)46-34(39)24-9-7-8-10-24/h7-9,13,16-17,19-20,22-23,25-33,38H,10-12,14-15,18H2,1-6H3/b21-17+/t19?,20-,22-,23-,25?,26?,27-,28+,29+,30-,31+,32-,33-,37+/m1/s1. The second kappa shape index (κ2) is 13.5. The van der Waals surface area contributed by atoms with E-state index in [0.717, 1.165) is 31.3 Å². The highest BCUT2D eigenvalue weighted by Crippen LogP contribution is 2.61. The average Bonchev–Trinajstić information content (AvgIpc) is 3.64. The van der Waals surface area contributed by atoms with Crippen LogP contribution in [0.15, 0.2) is 47.6 Å². The molecule has 6 rings (SSSR count). The zero-order valence-electron chi connectivity index (χ0n) is 28.3. The second-order valence-corrected chi connectivity index (χ2v) is 14.7. The molecule has 2 aliphatic heterocycles. The van der Waals surface area contributed by atoms with E-state index in [1.807, 2.05) is 39.0 Å². The Kier molecular flexibility index (Phi) is 9.76. The van der Waals surface area contributed by atoms with Crippen LogP contribution >= 0.6 is 0 Å². The van der Waals surface area contributed by atoms with Gasteiger partial charge >= 0.3 is 18.1 Å². The molecule has 2 saturated carbocycles. The minimum atomic E-state index is -0.985. The van der Waals surface area contributed by atoms with Crippen LogP contribution in [0.2, 0.25) is 0 Å². The molecule has 0 aromatic carbocycles. The van der Waals surface area contributed by atoms with Gasteiger partial charge in [0.15, 0.2) is 6.10 Å². The SMILES string of the molecule is CO[C@H]1CC2C=C[C@H]3[C@H]4O[C@]2(/C(C)=C/[C@@H](C)[C@@H]([C@@H](C)OC(=O)OC2CCC(C)CC2)OC1=O)[C@@H]3[C@H](O)[C@@H](C)[C@H]4OC(=O)C1=CC=CC1. The summed E-state index contributed by atoms with van der Waals surface area (Å²) >= 11 is 0. The van der Waals surface area contributed by atoms with Gasteiger partial charge in [-0.1, -0.05) is 57.2 Å². The fourth-order valence-corrected chi connectivity index (χ4v) is 9.01. The lowest BCUT2D eigenvalue weighted by Gasteiger charge is -2.49. The predicted octanol–water partition coefficient (Wildman–Crippen LogP) is 5.38. The molecule has 1 unspecified atom stereocenters. The Morgan fingerprint density at radius 3 is 2.51 bits per heavy atom. The van der Waals surface area contributed by atoms with Crippen LogP contribution in [-0.2, 0) is 38.0 Å². The lowest BCUT2D eigenvalue weighted by molar-refractivity contribution is -0.174. The normalized spacial score (nSPS) is 44.3. The maximum atomic E-state index is 13.6. The van der Waals surface area contributed by atoms with E-state index in [1.165, 1.54) is 7.11 Å². The van der Waals surface area contributed by atoms with Crippen molar-refractivity contribution in [2.24, 2.45) is 35.5 Å². The Labute approximate surface area is 277 Å². The lowest BCUT2D eigenvalue weighted by Crippen LogP contribution is -2.57. The Balaban J connectivity index is 1.28. The number of rotatable bonds is 6. The highest BCUT2D eigenvalue weighted by atomic mass is 16.7. The minimum absolute atomic E-state index is 0.180. The second-order valence-electron chi connectivity index (χ2n) is 14.7. The summed E-state index contributed by atoms with van der Waals surface area (Å²) in [5.41, 5.74) is 0.467. The molecule has 10 nitrogen and oxygen atoms in total. The zero-order valence-corrected chi connectivity index (χ0v) is 28.3. The van der Waals surface area contributed by atoms with Crippen molar-refractivity contribution in [1.29, 1.82) is 0 Å². The molecule has 10 heteroatoms. The quantitative estimate of drug-likeness (QED) is 0.227. The first-order chi connectivity index (χ1) is 22.4. The van der Waals surface area contributed by atoms with Crippen molar-refractivity contribution in [2.45, 2.75) is 121 Å². The zero-order chi connectivity index (χ0) is 33.6. The van der Waals surface area contributed by atoms with Crippen molar-refractivity contribution in [3.8, 4) is 0 Å². The van der Waals surface area contributed by atoms with Gasteiger partial charge in [-0.3, -0.25) is 0 Å². The van der Waals surface area contributed by atoms with Crippen LogP contribution in [0.3, 0.4) is 0 Å². The molecule has 3 fully saturated rings. The van der Waals surface area contributed by atoms with E-state index in [4.69, 9.17) is 28.4 Å². The topological polar surface area (TPSA) is 127 Å². The third-order valence-electron chi connectivity index (χ3n) is 11.6. The molecule has 2 heterocycles. The first-order valence-corrected chi connectivity index (χ1v) is 17.3. The number of ether oxygens (including phenoxy) is 6. The van der Waals surface area contributed by atoms with Gasteiger partial charge in [0.05, 0.1) is 6.10 Å². The molecular weight excluding hydrogens is 604 g/mol. The van der Waals surface area contributed by atoms with Crippen molar-refractivity contribution in [2.75, 3.05) is 7.11 Å². The smallest absolute Gasteiger partial charge is 0.456 e. The molecule has 4 aliphatic carbocycles. The summed E-state index contributed by atoms with van der Waals surface area (Å²) in [6.07, 6.45) is 10.5. The van der Waals surface area contributed by atoms with E-state index in [0.29, 0.717) is 17.9 Å². The van der Waals surface area contributed by atoms with Crippen molar-refractivity contribution < 1.29 is 47.9 Å². The van der Waals surface area contributed by atoms with E-state index in [-0.39, 0.29) is 36.2 Å². The van der Waals surface area contributed by atoms with Crippen LogP contribution < -0.4 is 0 Å². The first kappa shape index (κ1) is 33.9. The van der Waals surface area contributed by atoms with Gasteiger partial charge in [-0.2, -0.15) is 0 Å². The highest BCUT2D eigenvalue weighted by Gasteiger charge is 2.69. The average molecular weight is 655 g/mol. The molecule has 1 N–H and O–H groups in total. The molecule has 258 valence electrons. The molecule has 0 radical (unpaired) electrons. The first-order valence-electron chi connectivity index (χ1n) is 17.3. The summed E-state index contributed by atoms with van der Waals surface area (Å²) < 4.78 is 36.3. The van der Waals surface area contributed by atoms with Gasteiger partial charge in [0, 0.05) is 42.3 Å². The number of esters is 2. The predicted molar refractivity (Wildman–Crippen MR) is 171 cm³/mol. The summed E-state index contributed by atoms with van der Waals surface area (Å²) in [6.45, 7) is 9.70. The number of methoxy groups -OCH3 is 1. The molecular formula is C37H50O10. The summed E-state index contributed by atoms with van der Waals surface area (Å²) in [5, 5.41) is 11.9. The number of hydrogen-bond acceptors (Lipinski definition) is 10. The van der Waals surface area contributed by atoms with E-state index in [9.17, 15) is 19.5 Å². The summed E-state index contributed by atoms with van der Waals surface area (Å²) in [7, 11) is 1.47. The highest BCUT2D eigenvalue weighted by molar-refractivity contribution is 5.90. The number of carbonyl (C=O) groups excluding carboxylic acids is 3. The number of allylic oxidation sites excluding steroid dienone is 3. The molecule has 0 amide bonds. The van der Waals surface area contributed by atoms with Crippen LogP contribution in [0, 0.1) is 35.5 Å². The van der Waals surface area contributed by atoms with Gasteiger partial charge in [-0.25, -0.2) is 14.4 Å². The maximum Gasteiger partial charge on any atom is 0.508 e. The number of aliphatic hydroxyl groups is 1. The number of aliphatic hydroxyl groups excluding tert-OH is 1. The number of cyclic esters (lactones) is 1. The summed E-state index contributed by atoms with van der Waals surface area (Å²) in [4.78, 5) is 39.6. The van der Waals surface area contributed by atoms with Crippen molar-refractivity contribution >= 4 is 18.1 Å². The van der Waals surface area contributed by atoms with Crippen molar-refractivity contribution in [1.82, 2.24) is 0 Å². The Hall–Kier alpha value is -2.95. The Bertz CT molecular complexity index is 1340. The van der Waals surface area contributed by atoms with Gasteiger partial charge in [0.25, 0.3) is 0 Å². The van der Waals surface area contributed by atoms with Crippen LogP contribution in [-0.4, -0.2) is 78.6 Å². The van der Waals surface area contributed by atoms with Crippen LogP contribution in [0.5, 0.6) is 0 Å². The largest absolute Gasteiger partial charge is 0.508 e. The molecule has 0 aromatic rings. The fraction of sp³-hybridized carbons (Fsp3) is 0.703. The molecule has 1 spiro atoms. The number of carbonyl (C=O) groups is 3. The molecule has 4 bridgehead atoms. The fourth-order valence-electron chi connectivity index (χ4n) is 9.01. The third-order valence-corrected chi connectivity index (χ3v) is 11.6. The van der Waals surface area contributed by atoms with Crippen molar-refractivity contribution in [3.63, 3.8) is 0 Å². The molecule has 0 aromatic heterocycles. The van der Waals surface area contributed by atoms with E-state index < -0.39 is 66.2 Å². The Morgan fingerprint density at radius 2 is 1.83 bits per heavy atom. The molecule has 1 saturated heterocycles. The van der Waals surface area contributed by atoms with Gasteiger partial charge < -0.3 is 33.5 Å². The van der Waals surface area contributed by atoms with E-state index in [1.54, 1.807) is 13.0 Å². The third kappa shape index (κ3) is 6.21. The molecule has 12 atom stereocenters. The monoisotopic (exact) mass is 654 g/mol. The van der Waals surface area contributed by atoms with Crippen LogP contribution in [0.25, 0.3) is 0 Å². The van der Waals surface area contributed by atoms with E-state index >= 15 is 0 Å². The molecule has 47 heavy (non-hydrogen) atoms. The summed E-state index contributed by atoms with van der Waals surface area (Å²) in [5.74, 6) is -1.99. The summed E-state index contributed by atoms with van der Waals surface area (Å²) in [6, 6.07) is 0. The van der Waals surface area contributed by atoms with Crippen LogP contribution in [0.1, 0.15) is 73.1 Å². The Morgan fingerprint density at radius 1 is 1.09 bits per heavy atom. The van der Waals surface area contributed by atoms with Gasteiger partial charge in [-0.05, 0) is 63.9 Å². The maximum absolute atomic E-state index is 13.6. The lowest BCUT2D eigenvalue weighted by atomic mass is 9.57. The van der Waals surface area contributed by atoms with Gasteiger partial charge in [0.2, 0.25) is 0 Å². The molecule has 6 aliphatic rings. The van der Waals surface area contributed by atoms with Gasteiger partial charge in [0.1, 0.15) is 36.1 Å². The van der Waals surface area contributed by atoms with Gasteiger partial charge in [-0.15, -0.1) is 0 Å². The van der Waals surface area contributed by atoms with Crippen LogP contribution in [0.4, 0.5) is 4.79 Å².